The Labute approximate surface area is 91.1 Å². The van der Waals surface area contributed by atoms with Crippen LogP contribution in [0.3, 0.4) is 0 Å². The van der Waals surface area contributed by atoms with Crippen molar-refractivity contribution in [2.24, 2.45) is 5.73 Å². The van der Waals surface area contributed by atoms with Crippen LogP contribution in [0.5, 0.6) is 0 Å². The molecule has 1 fully saturated rings. The van der Waals surface area contributed by atoms with Gasteiger partial charge >= 0.3 is 0 Å². The Morgan fingerprint density at radius 3 is 2.71 bits per heavy atom. The van der Waals surface area contributed by atoms with Crippen molar-refractivity contribution in [2.75, 3.05) is 11.5 Å². The van der Waals surface area contributed by atoms with E-state index in [0.717, 1.165) is 17.9 Å². The third-order valence-electron chi connectivity index (χ3n) is 1.87. The van der Waals surface area contributed by atoms with E-state index in [2.05, 4.69) is 5.32 Å². The first-order valence-corrected chi connectivity index (χ1v) is 6.99. The van der Waals surface area contributed by atoms with Crippen molar-refractivity contribution < 1.29 is 9.59 Å². The molecule has 1 aliphatic heterocycles. The number of hydrogen-bond donors (Lipinski definition) is 2. The molecule has 4 nitrogen and oxygen atoms in total. The lowest BCUT2D eigenvalue weighted by Crippen LogP contribution is -2.38. The molecule has 6 heteroatoms. The third-order valence-corrected chi connectivity index (χ3v) is 4.38. The topological polar surface area (TPSA) is 72.2 Å². The van der Waals surface area contributed by atoms with Gasteiger partial charge in [0.15, 0.2) is 0 Å². The third kappa shape index (κ3) is 4.76. The smallest absolute Gasteiger partial charge is 0.220 e. The average Bonchev–Trinajstić information content (AvgIpc) is 2.16. The molecule has 0 saturated carbocycles. The molecule has 0 aromatic heterocycles. The number of carbonyl (C=O) groups excluding carboxylic acids is 2. The fourth-order valence-electron chi connectivity index (χ4n) is 1.11. The Morgan fingerprint density at radius 1 is 1.36 bits per heavy atom. The molecule has 1 unspecified atom stereocenters. The highest BCUT2D eigenvalue weighted by molar-refractivity contribution is 8.76. The van der Waals surface area contributed by atoms with Gasteiger partial charge in [-0.3, -0.25) is 9.59 Å². The number of hydrogen-bond acceptors (Lipinski definition) is 4. The number of nitrogens with two attached hydrogens (primary N) is 1. The maximum atomic E-state index is 11.3. The van der Waals surface area contributed by atoms with E-state index < -0.39 is 5.91 Å². The van der Waals surface area contributed by atoms with Crippen molar-refractivity contribution in [3.05, 3.63) is 0 Å². The molecular formula is C8H14N2O2S2. The molecule has 1 atom stereocenters. The fraction of sp³-hybridized carbons (Fsp3) is 0.750. The van der Waals surface area contributed by atoms with Gasteiger partial charge in [0.1, 0.15) is 0 Å². The van der Waals surface area contributed by atoms with Crippen LogP contribution in [0.25, 0.3) is 0 Å². The van der Waals surface area contributed by atoms with Gasteiger partial charge in [-0.2, -0.15) is 0 Å². The summed E-state index contributed by atoms with van der Waals surface area (Å²) >= 11 is 0. The van der Waals surface area contributed by atoms with Crippen LogP contribution in [-0.4, -0.2) is 29.4 Å². The number of rotatable bonds is 4. The maximum Gasteiger partial charge on any atom is 0.220 e. The first kappa shape index (κ1) is 11.7. The summed E-state index contributed by atoms with van der Waals surface area (Å²) in [7, 11) is 3.61. The second kappa shape index (κ2) is 6.19. The van der Waals surface area contributed by atoms with Crippen LogP contribution in [0.2, 0.25) is 0 Å². The summed E-state index contributed by atoms with van der Waals surface area (Å²) in [5, 5.41) is 2.89. The van der Waals surface area contributed by atoms with Crippen LogP contribution in [0.1, 0.15) is 19.3 Å². The summed E-state index contributed by atoms with van der Waals surface area (Å²) in [4.78, 5) is 21.7. The average molecular weight is 234 g/mol. The lowest BCUT2D eigenvalue weighted by Gasteiger charge is -2.21. The Morgan fingerprint density at radius 2 is 2.14 bits per heavy atom. The van der Waals surface area contributed by atoms with Gasteiger partial charge in [0.25, 0.3) is 0 Å². The highest BCUT2D eigenvalue weighted by Crippen LogP contribution is 2.29. The van der Waals surface area contributed by atoms with Crippen molar-refractivity contribution >= 4 is 33.4 Å². The summed E-state index contributed by atoms with van der Waals surface area (Å²) in [5.74, 6) is 1.54. The molecule has 0 aromatic rings. The van der Waals surface area contributed by atoms with Crippen LogP contribution >= 0.6 is 21.6 Å². The molecule has 1 aliphatic rings. The van der Waals surface area contributed by atoms with Gasteiger partial charge in [0.2, 0.25) is 11.8 Å². The predicted molar refractivity (Wildman–Crippen MR) is 59.9 cm³/mol. The quantitative estimate of drug-likeness (QED) is 0.696. The minimum atomic E-state index is -0.422. The normalized spacial score (nSPS) is 21.6. The highest BCUT2D eigenvalue weighted by atomic mass is 33.1. The molecule has 1 rings (SSSR count). The second-order valence-electron chi connectivity index (χ2n) is 3.13. The van der Waals surface area contributed by atoms with Crippen LogP contribution in [-0.2, 0) is 9.59 Å². The molecule has 0 radical (unpaired) electrons. The van der Waals surface area contributed by atoms with E-state index in [0.29, 0.717) is 0 Å². The zero-order valence-electron chi connectivity index (χ0n) is 7.82. The van der Waals surface area contributed by atoms with Crippen molar-refractivity contribution in [3.8, 4) is 0 Å². The van der Waals surface area contributed by atoms with Crippen molar-refractivity contribution in [2.45, 2.75) is 25.3 Å². The first-order chi connectivity index (χ1) is 6.68. The van der Waals surface area contributed by atoms with Crippen molar-refractivity contribution in [1.82, 2.24) is 5.32 Å². The summed E-state index contributed by atoms with van der Waals surface area (Å²) in [6, 6.07) is 0.265. The van der Waals surface area contributed by atoms with Crippen LogP contribution in [0.15, 0.2) is 0 Å². The second-order valence-corrected chi connectivity index (χ2v) is 5.75. The van der Waals surface area contributed by atoms with E-state index in [1.807, 2.05) is 10.8 Å². The van der Waals surface area contributed by atoms with Gasteiger partial charge in [0.05, 0.1) is 0 Å². The minimum Gasteiger partial charge on any atom is -0.370 e. The van der Waals surface area contributed by atoms with Gasteiger partial charge < -0.3 is 11.1 Å². The van der Waals surface area contributed by atoms with Gasteiger partial charge in [-0.1, -0.05) is 21.6 Å². The number of nitrogens with one attached hydrogen (secondary N) is 1. The molecule has 1 heterocycles. The van der Waals surface area contributed by atoms with E-state index >= 15 is 0 Å². The summed E-state index contributed by atoms with van der Waals surface area (Å²) in [6.07, 6.45) is 1.37. The number of carbonyl (C=O) groups is 2. The summed E-state index contributed by atoms with van der Waals surface area (Å²) in [5.41, 5.74) is 4.95. The number of amides is 2. The van der Waals surface area contributed by atoms with Crippen molar-refractivity contribution in [1.29, 1.82) is 0 Å². The zero-order valence-corrected chi connectivity index (χ0v) is 9.46. The molecule has 1 saturated heterocycles. The minimum absolute atomic E-state index is 0.0682. The highest BCUT2D eigenvalue weighted by Gasteiger charge is 2.16. The molecule has 0 aromatic carbocycles. The van der Waals surface area contributed by atoms with Crippen LogP contribution < -0.4 is 11.1 Å². The van der Waals surface area contributed by atoms with E-state index in [1.165, 1.54) is 0 Å². The largest absolute Gasteiger partial charge is 0.370 e. The zero-order chi connectivity index (χ0) is 10.4. The van der Waals surface area contributed by atoms with E-state index in [4.69, 9.17) is 5.73 Å². The Bertz CT molecular complexity index is 217. The Balaban J connectivity index is 2.15. The molecule has 3 N–H and O–H groups in total. The molecule has 0 spiro atoms. The Hall–Kier alpha value is -0.360. The molecule has 80 valence electrons. The monoisotopic (exact) mass is 234 g/mol. The number of primary amides is 1. The van der Waals surface area contributed by atoms with Gasteiger partial charge in [0, 0.05) is 30.4 Å². The molecule has 0 aliphatic carbocycles. The lowest BCUT2D eigenvalue weighted by molar-refractivity contribution is -0.125. The molecule has 2 amide bonds. The summed E-state index contributed by atoms with van der Waals surface area (Å²) < 4.78 is 0. The fourth-order valence-corrected chi connectivity index (χ4v) is 3.55. The van der Waals surface area contributed by atoms with Crippen LogP contribution in [0, 0.1) is 0 Å². The predicted octanol–water partition coefficient (Wildman–Crippen LogP) is 0.522. The van der Waals surface area contributed by atoms with E-state index in [9.17, 15) is 9.59 Å². The standard InChI is InChI=1S/C8H14N2O2S2/c9-7(11)1-2-8(12)10-6-3-4-13-14-5-6/h6H,1-5H2,(H2,9,11)(H,10,12). The van der Waals surface area contributed by atoms with Gasteiger partial charge in [-0.25, -0.2) is 0 Å². The Kier molecular flexibility index (Phi) is 5.17. The first-order valence-electron chi connectivity index (χ1n) is 4.50. The SMILES string of the molecule is NC(=O)CCC(=O)NC1CCSSC1. The van der Waals surface area contributed by atoms with E-state index in [1.54, 1.807) is 10.8 Å². The summed E-state index contributed by atoms with van der Waals surface area (Å²) in [6.45, 7) is 0. The molecule has 14 heavy (non-hydrogen) atoms. The van der Waals surface area contributed by atoms with Crippen LogP contribution in [0.4, 0.5) is 0 Å². The van der Waals surface area contributed by atoms with Crippen molar-refractivity contribution in [3.63, 3.8) is 0 Å². The maximum absolute atomic E-state index is 11.3. The van der Waals surface area contributed by atoms with Gasteiger partial charge in [-0.15, -0.1) is 0 Å². The molecule has 0 bridgehead atoms. The molecular weight excluding hydrogens is 220 g/mol. The lowest BCUT2D eigenvalue weighted by atomic mass is 10.2. The van der Waals surface area contributed by atoms with Gasteiger partial charge in [-0.05, 0) is 6.42 Å². The van der Waals surface area contributed by atoms with E-state index in [-0.39, 0.29) is 24.8 Å².